The SMILES string of the molecule is COc1cc(-c2cnn(C)c2)ccc1Nc1ncc2ccnc(NC(C)CO)c2n1. The summed E-state index contributed by atoms with van der Waals surface area (Å²) in [5.41, 5.74) is 3.41. The molecular formula is C21H23N7O2. The fourth-order valence-electron chi connectivity index (χ4n) is 3.07. The summed E-state index contributed by atoms with van der Waals surface area (Å²) < 4.78 is 7.33. The summed E-state index contributed by atoms with van der Waals surface area (Å²) in [6, 6.07) is 7.55. The molecule has 9 heteroatoms. The van der Waals surface area contributed by atoms with Crippen molar-refractivity contribution >= 4 is 28.4 Å². The molecule has 9 nitrogen and oxygen atoms in total. The van der Waals surface area contributed by atoms with Gasteiger partial charge in [-0.2, -0.15) is 5.10 Å². The van der Waals surface area contributed by atoms with Crippen LogP contribution >= 0.6 is 0 Å². The van der Waals surface area contributed by atoms with Crippen LogP contribution in [0.2, 0.25) is 0 Å². The van der Waals surface area contributed by atoms with Gasteiger partial charge in [0.1, 0.15) is 11.3 Å². The highest BCUT2D eigenvalue weighted by Gasteiger charge is 2.12. The molecule has 0 spiro atoms. The van der Waals surface area contributed by atoms with Crippen LogP contribution in [0, 0.1) is 0 Å². The van der Waals surface area contributed by atoms with Gasteiger partial charge >= 0.3 is 0 Å². The second-order valence-electron chi connectivity index (χ2n) is 6.96. The van der Waals surface area contributed by atoms with Crippen molar-refractivity contribution in [2.24, 2.45) is 7.05 Å². The van der Waals surface area contributed by atoms with Crippen LogP contribution in [0.15, 0.2) is 49.1 Å². The molecule has 0 amide bonds. The van der Waals surface area contributed by atoms with E-state index in [1.54, 1.807) is 24.2 Å². The van der Waals surface area contributed by atoms with Crippen molar-refractivity contribution in [2.45, 2.75) is 13.0 Å². The van der Waals surface area contributed by atoms with Gasteiger partial charge in [-0.1, -0.05) is 6.07 Å². The monoisotopic (exact) mass is 405 g/mol. The fourth-order valence-corrected chi connectivity index (χ4v) is 3.07. The number of benzene rings is 1. The van der Waals surface area contributed by atoms with Crippen molar-refractivity contribution < 1.29 is 9.84 Å². The van der Waals surface area contributed by atoms with E-state index in [-0.39, 0.29) is 12.6 Å². The molecule has 0 fully saturated rings. The highest BCUT2D eigenvalue weighted by molar-refractivity contribution is 5.88. The van der Waals surface area contributed by atoms with Gasteiger partial charge in [-0.05, 0) is 30.7 Å². The smallest absolute Gasteiger partial charge is 0.227 e. The molecule has 4 rings (SSSR count). The first-order chi connectivity index (χ1) is 14.6. The van der Waals surface area contributed by atoms with E-state index in [2.05, 4.69) is 30.7 Å². The molecule has 0 aliphatic rings. The van der Waals surface area contributed by atoms with E-state index in [4.69, 9.17) is 4.74 Å². The third kappa shape index (κ3) is 4.01. The first-order valence-electron chi connectivity index (χ1n) is 9.50. The van der Waals surface area contributed by atoms with Crippen LogP contribution in [0.3, 0.4) is 0 Å². The summed E-state index contributed by atoms with van der Waals surface area (Å²) in [6.07, 6.45) is 7.18. The molecule has 0 bridgehead atoms. The number of fused-ring (bicyclic) bond motifs is 1. The van der Waals surface area contributed by atoms with E-state index < -0.39 is 0 Å². The Kier molecular flexibility index (Phi) is 5.44. The zero-order chi connectivity index (χ0) is 21.1. The zero-order valence-electron chi connectivity index (χ0n) is 17.0. The number of hydrogen-bond acceptors (Lipinski definition) is 8. The summed E-state index contributed by atoms with van der Waals surface area (Å²) in [6.45, 7) is 1.87. The molecule has 0 saturated carbocycles. The second kappa shape index (κ2) is 8.34. The minimum absolute atomic E-state index is 0.00522. The van der Waals surface area contributed by atoms with E-state index in [1.165, 1.54) is 0 Å². The van der Waals surface area contributed by atoms with Crippen LogP contribution in [-0.4, -0.2) is 49.6 Å². The van der Waals surface area contributed by atoms with E-state index in [0.717, 1.165) is 22.2 Å². The van der Waals surface area contributed by atoms with E-state index in [0.29, 0.717) is 23.0 Å². The Balaban J connectivity index is 1.65. The number of nitrogens with zero attached hydrogens (tertiary/aromatic N) is 5. The molecule has 1 unspecified atom stereocenters. The van der Waals surface area contributed by atoms with Crippen LogP contribution in [0.25, 0.3) is 22.0 Å². The highest BCUT2D eigenvalue weighted by Crippen LogP contribution is 2.32. The molecule has 0 saturated heterocycles. The van der Waals surface area contributed by atoms with Gasteiger partial charge in [0.25, 0.3) is 0 Å². The molecule has 0 radical (unpaired) electrons. The quantitative estimate of drug-likeness (QED) is 0.430. The number of aliphatic hydroxyl groups is 1. The molecule has 1 atom stereocenters. The number of pyridine rings is 1. The van der Waals surface area contributed by atoms with Gasteiger partial charge in [0, 0.05) is 42.6 Å². The van der Waals surface area contributed by atoms with E-state index >= 15 is 0 Å². The van der Waals surface area contributed by atoms with Crippen molar-refractivity contribution in [1.29, 1.82) is 0 Å². The number of methoxy groups -OCH3 is 1. The van der Waals surface area contributed by atoms with Crippen LogP contribution in [0.5, 0.6) is 5.75 Å². The minimum atomic E-state index is -0.144. The maximum atomic E-state index is 9.33. The molecule has 3 N–H and O–H groups in total. The maximum absolute atomic E-state index is 9.33. The van der Waals surface area contributed by atoms with Crippen molar-refractivity contribution in [3.63, 3.8) is 0 Å². The van der Waals surface area contributed by atoms with Crippen LogP contribution in [0.4, 0.5) is 17.5 Å². The number of rotatable bonds is 7. The molecule has 30 heavy (non-hydrogen) atoms. The lowest BCUT2D eigenvalue weighted by Gasteiger charge is -2.14. The Morgan fingerprint density at radius 2 is 2.03 bits per heavy atom. The second-order valence-corrected chi connectivity index (χ2v) is 6.96. The number of hydrogen-bond donors (Lipinski definition) is 3. The lowest BCUT2D eigenvalue weighted by Crippen LogP contribution is -2.20. The highest BCUT2D eigenvalue weighted by atomic mass is 16.5. The predicted molar refractivity (Wildman–Crippen MR) is 116 cm³/mol. The molecular weight excluding hydrogens is 382 g/mol. The molecule has 4 aromatic rings. The Morgan fingerprint density at radius 1 is 1.17 bits per heavy atom. The van der Waals surface area contributed by atoms with Gasteiger partial charge < -0.3 is 20.5 Å². The van der Waals surface area contributed by atoms with Crippen LogP contribution in [-0.2, 0) is 7.05 Å². The Bertz CT molecular complexity index is 1180. The minimum Gasteiger partial charge on any atom is -0.495 e. The lowest BCUT2D eigenvalue weighted by atomic mass is 10.1. The molecule has 0 aliphatic heterocycles. The maximum Gasteiger partial charge on any atom is 0.227 e. The number of ether oxygens (including phenoxy) is 1. The van der Waals surface area contributed by atoms with Gasteiger partial charge in [0.15, 0.2) is 5.82 Å². The summed E-state index contributed by atoms with van der Waals surface area (Å²) in [5.74, 6) is 1.68. The Hall–Kier alpha value is -3.72. The van der Waals surface area contributed by atoms with Gasteiger partial charge in [-0.3, -0.25) is 4.68 Å². The van der Waals surface area contributed by atoms with Crippen molar-refractivity contribution in [3.8, 4) is 16.9 Å². The number of nitrogens with one attached hydrogen (secondary N) is 2. The predicted octanol–water partition coefficient (Wildman–Crippen LogP) is 2.97. The van der Waals surface area contributed by atoms with E-state index in [1.807, 2.05) is 50.6 Å². The Morgan fingerprint density at radius 3 is 2.77 bits per heavy atom. The molecule has 3 aromatic heterocycles. The fraction of sp³-hybridized carbons (Fsp3) is 0.238. The van der Waals surface area contributed by atoms with Gasteiger partial charge in [-0.25, -0.2) is 15.0 Å². The van der Waals surface area contributed by atoms with Gasteiger partial charge in [-0.15, -0.1) is 0 Å². The summed E-state index contributed by atoms with van der Waals surface area (Å²) in [7, 11) is 3.50. The van der Waals surface area contributed by atoms with Crippen LogP contribution in [0.1, 0.15) is 6.92 Å². The zero-order valence-corrected chi connectivity index (χ0v) is 17.0. The standard InChI is InChI=1S/C21H23N7O2/c1-13(12-29)25-20-19-15(6-7-22-20)9-23-21(27-19)26-17-5-4-14(8-18(17)30-3)16-10-24-28(2)11-16/h4-11,13,29H,12H2,1-3H3,(H,22,25)(H,23,26,27). The van der Waals surface area contributed by atoms with E-state index in [9.17, 15) is 5.11 Å². The average molecular weight is 405 g/mol. The third-order valence-corrected chi connectivity index (χ3v) is 4.64. The van der Waals surface area contributed by atoms with Crippen molar-refractivity contribution in [1.82, 2.24) is 24.7 Å². The Labute approximate surface area is 173 Å². The summed E-state index contributed by atoms with van der Waals surface area (Å²) >= 11 is 0. The number of aryl methyl sites for hydroxylation is 1. The first kappa shape index (κ1) is 19.6. The molecule has 154 valence electrons. The normalized spacial score (nSPS) is 12.0. The van der Waals surface area contributed by atoms with Crippen molar-refractivity contribution in [2.75, 3.05) is 24.4 Å². The number of anilines is 3. The lowest BCUT2D eigenvalue weighted by molar-refractivity contribution is 0.281. The number of aliphatic hydroxyl groups excluding tert-OH is 1. The molecule has 1 aromatic carbocycles. The largest absolute Gasteiger partial charge is 0.495 e. The third-order valence-electron chi connectivity index (χ3n) is 4.64. The number of aromatic nitrogens is 5. The van der Waals surface area contributed by atoms with Gasteiger partial charge in [0.2, 0.25) is 5.95 Å². The topological polar surface area (TPSA) is 110 Å². The first-order valence-corrected chi connectivity index (χ1v) is 9.50. The average Bonchev–Trinajstić information content (AvgIpc) is 3.20. The summed E-state index contributed by atoms with van der Waals surface area (Å²) in [5, 5.41) is 20.8. The van der Waals surface area contributed by atoms with Gasteiger partial charge in [0.05, 0.1) is 25.6 Å². The van der Waals surface area contributed by atoms with Crippen molar-refractivity contribution in [3.05, 3.63) is 49.1 Å². The summed E-state index contributed by atoms with van der Waals surface area (Å²) in [4.78, 5) is 13.4. The van der Waals surface area contributed by atoms with Crippen LogP contribution < -0.4 is 15.4 Å². The molecule has 0 aliphatic carbocycles. The molecule has 3 heterocycles.